The highest BCUT2D eigenvalue weighted by Crippen LogP contribution is 2.19. The van der Waals surface area contributed by atoms with E-state index in [0.29, 0.717) is 13.1 Å². The van der Waals surface area contributed by atoms with E-state index in [0.717, 1.165) is 17.9 Å². The number of hydrogen-bond donors (Lipinski definition) is 0. The van der Waals surface area contributed by atoms with E-state index in [1.165, 1.54) is 0 Å². The van der Waals surface area contributed by atoms with Crippen LogP contribution in [0, 0.1) is 5.21 Å². The molecule has 1 atom stereocenters. The van der Waals surface area contributed by atoms with Crippen molar-refractivity contribution in [3.8, 4) is 5.75 Å². The maximum absolute atomic E-state index is 11.6. The molecule has 15 heavy (non-hydrogen) atoms. The summed E-state index contributed by atoms with van der Waals surface area (Å²) in [6, 6.07) is 9.66. The molecule has 1 aromatic rings. The SMILES string of the molecule is C[N+]1([O-])CC=C(Oc2ccccc2)CC1. The molecule has 2 rings (SSSR count). The Balaban J connectivity index is 2.00. The van der Waals surface area contributed by atoms with Gasteiger partial charge in [0.05, 0.1) is 20.0 Å². The van der Waals surface area contributed by atoms with Gasteiger partial charge in [-0.25, -0.2) is 0 Å². The second kappa shape index (κ2) is 4.04. The van der Waals surface area contributed by atoms with Crippen molar-refractivity contribution >= 4 is 0 Å². The molecule has 1 unspecified atom stereocenters. The highest BCUT2D eigenvalue weighted by Gasteiger charge is 2.17. The fourth-order valence-electron chi connectivity index (χ4n) is 1.57. The largest absolute Gasteiger partial charge is 0.633 e. The third-order valence-electron chi connectivity index (χ3n) is 2.53. The van der Waals surface area contributed by atoms with E-state index in [1.807, 2.05) is 36.4 Å². The first kappa shape index (κ1) is 10.2. The Hall–Kier alpha value is -1.32. The van der Waals surface area contributed by atoms with Gasteiger partial charge in [-0.1, -0.05) is 18.2 Å². The summed E-state index contributed by atoms with van der Waals surface area (Å²) in [7, 11) is 1.69. The van der Waals surface area contributed by atoms with Crippen LogP contribution in [0.5, 0.6) is 5.75 Å². The topological polar surface area (TPSA) is 32.3 Å². The van der Waals surface area contributed by atoms with E-state index in [4.69, 9.17) is 4.74 Å². The smallest absolute Gasteiger partial charge is 0.126 e. The van der Waals surface area contributed by atoms with Gasteiger partial charge in [-0.05, 0) is 12.1 Å². The monoisotopic (exact) mass is 205 g/mol. The maximum Gasteiger partial charge on any atom is 0.126 e. The molecule has 0 fully saturated rings. The fourth-order valence-corrected chi connectivity index (χ4v) is 1.57. The number of quaternary nitrogens is 1. The van der Waals surface area contributed by atoms with Gasteiger partial charge >= 0.3 is 0 Å². The van der Waals surface area contributed by atoms with E-state index in [2.05, 4.69) is 0 Å². The van der Waals surface area contributed by atoms with E-state index >= 15 is 0 Å². The van der Waals surface area contributed by atoms with Crippen molar-refractivity contribution in [3.63, 3.8) is 0 Å². The van der Waals surface area contributed by atoms with Crippen molar-refractivity contribution in [2.45, 2.75) is 6.42 Å². The number of likely N-dealkylation sites (N-methyl/N-ethyl adjacent to an activating group) is 1. The van der Waals surface area contributed by atoms with Gasteiger partial charge in [0.15, 0.2) is 0 Å². The van der Waals surface area contributed by atoms with Gasteiger partial charge in [-0.15, -0.1) is 0 Å². The van der Waals surface area contributed by atoms with Crippen molar-refractivity contribution in [3.05, 3.63) is 47.4 Å². The normalized spacial score (nSPS) is 25.9. The molecule has 1 aliphatic rings. The fraction of sp³-hybridized carbons (Fsp3) is 0.333. The number of hydrogen-bond acceptors (Lipinski definition) is 2. The first-order valence-electron chi connectivity index (χ1n) is 5.13. The zero-order valence-corrected chi connectivity index (χ0v) is 8.85. The minimum atomic E-state index is -0.193. The van der Waals surface area contributed by atoms with E-state index < -0.39 is 0 Å². The van der Waals surface area contributed by atoms with Gasteiger partial charge in [0.1, 0.15) is 18.1 Å². The Bertz CT molecular complexity index is 357. The molecule has 0 bridgehead atoms. The maximum atomic E-state index is 11.6. The van der Waals surface area contributed by atoms with Crippen LogP contribution in [-0.2, 0) is 0 Å². The summed E-state index contributed by atoms with van der Waals surface area (Å²) < 4.78 is 5.47. The summed E-state index contributed by atoms with van der Waals surface area (Å²) in [6.07, 6.45) is 2.61. The Morgan fingerprint density at radius 2 is 2.00 bits per heavy atom. The number of rotatable bonds is 2. The molecular weight excluding hydrogens is 190 g/mol. The molecule has 0 saturated carbocycles. The lowest BCUT2D eigenvalue weighted by Gasteiger charge is -2.40. The minimum absolute atomic E-state index is 0.193. The molecule has 80 valence electrons. The van der Waals surface area contributed by atoms with Crippen LogP contribution < -0.4 is 4.74 Å². The van der Waals surface area contributed by atoms with Crippen molar-refractivity contribution in [2.24, 2.45) is 0 Å². The quantitative estimate of drug-likeness (QED) is 0.548. The Kier molecular flexibility index (Phi) is 2.75. The lowest BCUT2D eigenvalue weighted by molar-refractivity contribution is -0.856. The van der Waals surface area contributed by atoms with Crippen molar-refractivity contribution in [1.29, 1.82) is 0 Å². The molecule has 0 N–H and O–H groups in total. The van der Waals surface area contributed by atoms with E-state index in [9.17, 15) is 5.21 Å². The van der Waals surface area contributed by atoms with E-state index in [1.54, 1.807) is 7.05 Å². The number of benzene rings is 1. The molecule has 0 spiro atoms. The minimum Gasteiger partial charge on any atom is -0.633 e. The Labute approximate surface area is 89.8 Å². The standard InChI is InChI=1S/C12H15NO2/c1-13(14)9-7-12(8-10-13)15-11-5-3-2-4-6-11/h2-7H,8-10H2,1H3. The zero-order valence-electron chi connectivity index (χ0n) is 8.85. The zero-order chi connectivity index (χ0) is 10.7. The van der Waals surface area contributed by atoms with Gasteiger partial charge in [0.2, 0.25) is 0 Å². The van der Waals surface area contributed by atoms with Crippen LogP contribution in [0.2, 0.25) is 0 Å². The highest BCUT2D eigenvalue weighted by molar-refractivity contribution is 5.23. The van der Waals surface area contributed by atoms with Crippen molar-refractivity contribution < 1.29 is 9.38 Å². The summed E-state index contributed by atoms with van der Waals surface area (Å²) in [4.78, 5) is 0. The average molecular weight is 205 g/mol. The Morgan fingerprint density at radius 1 is 1.27 bits per heavy atom. The lowest BCUT2D eigenvalue weighted by atomic mass is 10.2. The molecule has 0 aromatic heterocycles. The number of hydroxylamine groups is 3. The molecule has 0 radical (unpaired) electrons. The van der Waals surface area contributed by atoms with Crippen LogP contribution in [0.15, 0.2) is 42.2 Å². The predicted molar refractivity (Wildman–Crippen MR) is 59.1 cm³/mol. The third-order valence-corrected chi connectivity index (χ3v) is 2.53. The highest BCUT2D eigenvalue weighted by atomic mass is 16.5. The number of nitrogens with zero attached hydrogens (tertiary/aromatic N) is 1. The lowest BCUT2D eigenvalue weighted by Crippen LogP contribution is -2.41. The van der Waals surface area contributed by atoms with Crippen LogP contribution in [0.3, 0.4) is 0 Å². The van der Waals surface area contributed by atoms with Gasteiger partial charge < -0.3 is 14.6 Å². The van der Waals surface area contributed by atoms with Crippen LogP contribution in [0.25, 0.3) is 0 Å². The van der Waals surface area contributed by atoms with Crippen molar-refractivity contribution in [2.75, 3.05) is 20.1 Å². The molecule has 1 heterocycles. The molecule has 0 saturated heterocycles. The summed E-state index contributed by atoms with van der Waals surface area (Å²) in [6.45, 7) is 1.10. The molecule has 3 heteroatoms. The summed E-state index contributed by atoms with van der Waals surface area (Å²) >= 11 is 0. The predicted octanol–water partition coefficient (Wildman–Crippen LogP) is 2.30. The summed E-state index contributed by atoms with van der Waals surface area (Å²) in [5, 5.41) is 11.6. The van der Waals surface area contributed by atoms with E-state index in [-0.39, 0.29) is 4.65 Å². The number of para-hydroxylation sites is 1. The first-order valence-corrected chi connectivity index (χ1v) is 5.13. The second-order valence-corrected chi connectivity index (χ2v) is 4.04. The second-order valence-electron chi connectivity index (χ2n) is 4.04. The average Bonchev–Trinajstić information content (AvgIpc) is 2.23. The molecular formula is C12H15NO2. The van der Waals surface area contributed by atoms with Gasteiger partial charge in [-0.2, -0.15) is 0 Å². The summed E-state index contributed by atoms with van der Waals surface area (Å²) in [5.74, 6) is 1.75. The molecule has 1 aliphatic heterocycles. The Morgan fingerprint density at radius 3 is 2.60 bits per heavy atom. The van der Waals surface area contributed by atoms with Crippen LogP contribution in [-0.4, -0.2) is 24.8 Å². The number of ether oxygens (including phenoxy) is 1. The van der Waals surface area contributed by atoms with Gasteiger partial charge in [0.25, 0.3) is 0 Å². The molecule has 1 aromatic carbocycles. The third kappa shape index (κ3) is 2.81. The van der Waals surface area contributed by atoms with Gasteiger partial charge in [0, 0.05) is 6.08 Å². The molecule has 0 amide bonds. The van der Waals surface area contributed by atoms with Crippen LogP contribution in [0.1, 0.15) is 6.42 Å². The van der Waals surface area contributed by atoms with Crippen LogP contribution in [0.4, 0.5) is 0 Å². The first-order chi connectivity index (χ1) is 7.16. The molecule has 3 nitrogen and oxygen atoms in total. The van der Waals surface area contributed by atoms with Crippen molar-refractivity contribution in [1.82, 2.24) is 0 Å². The molecule has 0 aliphatic carbocycles. The summed E-state index contributed by atoms with van der Waals surface area (Å²) in [5.41, 5.74) is 0. The van der Waals surface area contributed by atoms with Crippen LogP contribution >= 0.6 is 0 Å². The van der Waals surface area contributed by atoms with Gasteiger partial charge in [-0.3, -0.25) is 0 Å².